The molecule has 1 fully saturated rings. The number of nitrogens with zero attached hydrogens (tertiary/aromatic N) is 2. The first kappa shape index (κ1) is 11.9. The van der Waals surface area contributed by atoms with Gasteiger partial charge in [-0.05, 0) is 35.6 Å². The van der Waals surface area contributed by atoms with Gasteiger partial charge in [0.05, 0.1) is 5.69 Å². The largest absolute Gasteiger partial charge is 0.226 e. The smallest absolute Gasteiger partial charge is 0.222 e. The number of hydrogen-bond donors (Lipinski definition) is 0. The molecular formula is C17H13ClN2. The molecule has 0 radical (unpaired) electrons. The van der Waals surface area contributed by atoms with Crippen LogP contribution in [0.25, 0.3) is 11.3 Å². The fourth-order valence-corrected chi connectivity index (χ4v) is 3.18. The van der Waals surface area contributed by atoms with E-state index in [2.05, 4.69) is 58.5 Å². The molecule has 1 aromatic carbocycles. The van der Waals surface area contributed by atoms with Crippen LogP contribution in [0.3, 0.4) is 0 Å². The molecule has 2 aliphatic rings. The van der Waals surface area contributed by atoms with Crippen LogP contribution in [-0.4, -0.2) is 9.97 Å². The fourth-order valence-electron chi connectivity index (χ4n) is 3.04. The second-order valence-corrected chi connectivity index (χ2v) is 5.72. The fraction of sp³-hybridized carbons (Fsp3) is 0.176. The first-order valence-corrected chi connectivity index (χ1v) is 7.11. The monoisotopic (exact) mass is 280 g/mol. The van der Waals surface area contributed by atoms with Crippen molar-refractivity contribution in [1.29, 1.82) is 0 Å². The Morgan fingerprint density at radius 1 is 1.10 bits per heavy atom. The summed E-state index contributed by atoms with van der Waals surface area (Å²) in [5.74, 6) is 0.673. The Labute approximate surface area is 122 Å². The molecule has 1 aromatic heterocycles. The van der Waals surface area contributed by atoms with Crippen LogP contribution >= 0.6 is 11.6 Å². The van der Waals surface area contributed by atoms with E-state index in [1.165, 1.54) is 12.0 Å². The summed E-state index contributed by atoms with van der Waals surface area (Å²) in [7, 11) is 0. The Morgan fingerprint density at radius 3 is 2.70 bits per heavy atom. The standard InChI is InChI=1S/C17H13ClN2/c18-16-19-10-8-15(20-16)12-4-6-13(7-5-12)17-9-2-1-3-14(17)11-17/h1-10,14H,11H2. The highest BCUT2D eigenvalue weighted by Gasteiger charge is 2.52. The summed E-state index contributed by atoms with van der Waals surface area (Å²) < 4.78 is 0. The maximum absolute atomic E-state index is 5.84. The third kappa shape index (κ3) is 1.80. The summed E-state index contributed by atoms with van der Waals surface area (Å²) in [6.45, 7) is 0. The van der Waals surface area contributed by atoms with Crippen LogP contribution in [0.5, 0.6) is 0 Å². The molecule has 0 spiro atoms. The van der Waals surface area contributed by atoms with Crippen LogP contribution in [0.1, 0.15) is 12.0 Å². The number of rotatable bonds is 2. The molecule has 0 aliphatic heterocycles. The van der Waals surface area contributed by atoms with E-state index in [0.717, 1.165) is 11.3 Å². The van der Waals surface area contributed by atoms with E-state index in [-0.39, 0.29) is 10.7 Å². The lowest BCUT2D eigenvalue weighted by atomic mass is 9.90. The van der Waals surface area contributed by atoms with Gasteiger partial charge in [0.2, 0.25) is 5.28 Å². The molecule has 0 amide bonds. The highest BCUT2D eigenvalue weighted by Crippen LogP contribution is 2.57. The summed E-state index contributed by atoms with van der Waals surface area (Å²) in [4.78, 5) is 8.15. The number of allylic oxidation sites excluding steroid dienone is 4. The molecule has 2 nitrogen and oxygen atoms in total. The number of halogens is 1. The molecule has 0 bridgehead atoms. The number of hydrogen-bond acceptors (Lipinski definition) is 2. The van der Waals surface area contributed by atoms with Crippen LogP contribution in [-0.2, 0) is 5.41 Å². The molecule has 0 saturated heterocycles. The van der Waals surface area contributed by atoms with Crippen molar-refractivity contribution < 1.29 is 0 Å². The minimum Gasteiger partial charge on any atom is -0.226 e. The van der Waals surface area contributed by atoms with E-state index in [0.29, 0.717) is 5.92 Å². The summed E-state index contributed by atoms with van der Waals surface area (Å²) in [6, 6.07) is 10.5. The summed E-state index contributed by atoms with van der Waals surface area (Å²) in [5.41, 5.74) is 3.56. The van der Waals surface area contributed by atoms with Gasteiger partial charge in [-0.25, -0.2) is 9.97 Å². The van der Waals surface area contributed by atoms with Gasteiger partial charge < -0.3 is 0 Å². The number of aromatic nitrogens is 2. The average molecular weight is 281 g/mol. The number of fused-ring (bicyclic) bond motifs is 1. The summed E-state index contributed by atoms with van der Waals surface area (Å²) >= 11 is 5.84. The van der Waals surface area contributed by atoms with Gasteiger partial charge in [-0.1, -0.05) is 48.6 Å². The van der Waals surface area contributed by atoms with Crippen LogP contribution in [0.2, 0.25) is 5.28 Å². The Bertz CT molecular complexity index is 718. The first-order valence-electron chi connectivity index (χ1n) is 6.73. The second kappa shape index (κ2) is 4.29. The van der Waals surface area contributed by atoms with Crippen molar-refractivity contribution in [2.24, 2.45) is 5.92 Å². The molecule has 3 heteroatoms. The minimum absolute atomic E-state index is 0.247. The van der Waals surface area contributed by atoms with Crippen LogP contribution in [0.4, 0.5) is 0 Å². The lowest BCUT2D eigenvalue weighted by Gasteiger charge is -2.15. The molecule has 0 N–H and O–H groups in total. The van der Waals surface area contributed by atoms with Crippen molar-refractivity contribution in [3.8, 4) is 11.3 Å². The first-order chi connectivity index (χ1) is 9.78. The minimum atomic E-state index is 0.247. The average Bonchev–Trinajstić information content (AvgIpc) is 3.23. The SMILES string of the molecule is Clc1nccc(-c2ccc(C34C=CC=CC3C4)cc2)n1. The van der Waals surface area contributed by atoms with Crippen molar-refractivity contribution in [3.05, 3.63) is 71.7 Å². The number of benzene rings is 1. The van der Waals surface area contributed by atoms with E-state index in [9.17, 15) is 0 Å². The van der Waals surface area contributed by atoms with Gasteiger partial charge in [0.25, 0.3) is 0 Å². The lowest BCUT2D eigenvalue weighted by molar-refractivity contribution is 0.817. The van der Waals surface area contributed by atoms with E-state index in [4.69, 9.17) is 11.6 Å². The Morgan fingerprint density at radius 2 is 1.95 bits per heavy atom. The Balaban J connectivity index is 1.67. The highest BCUT2D eigenvalue weighted by molar-refractivity contribution is 6.28. The van der Waals surface area contributed by atoms with Gasteiger partial charge in [0, 0.05) is 17.2 Å². The third-order valence-electron chi connectivity index (χ3n) is 4.25. The van der Waals surface area contributed by atoms with Crippen molar-refractivity contribution in [1.82, 2.24) is 9.97 Å². The molecule has 2 aliphatic carbocycles. The summed E-state index contributed by atoms with van der Waals surface area (Å²) in [6.07, 6.45) is 11.8. The quantitative estimate of drug-likeness (QED) is 0.771. The van der Waals surface area contributed by atoms with E-state index >= 15 is 0 Å². The van der Waals surface area contributed by atoms with Crippen molar-refractivity contribution in [2.75, 3.05) is 0 Å². The second-order valence-electron chi connectivity index (χ2n) is 5.38. The molecule has 2 aromatic rings. The zero-order valence-corrected chi connectivity index (χ0v) is 11.6. The zero-order valence-electron chi connectivity index (χ0n) is 10.8. The van der Waals surface area contributed by atoms with Crippen LogP contribution in [0.15, 0.2) is 60.8 Å². The molecule has 20 heavy (non-hydrogen) atoms. The predicted molar refractivity (Wildman–Crippen MR) is 80.5 cm³/mol. The zero-order chi connectivity index (χ0) is 13.6. The molecule has 4 rings (SSSR count). The van der Waals surface area contributed by atoms with Gasteiger partial charge in [0.1, 0.15) is 0 Å². The van der Waals surface area contributed by atoms with Crippen LogP contribution < -0.4 is 0 Å². The highest BCUT2D eigenvalue weighted by atomic mass is 35.5. The maximum atomic E-state index is 5.84. The van der Waals surface area contributed by atoms with Gasteiger partial charge in [-0.3, -0.25) is 0 Å². The third-order valence-corrected chi connectivity index (χ3v) is 4.43. The predicted octanol–water partition coefficient (Wildman–Crippen LogP) is 4.18. The van der Waals surface area contributed by atoms with Crippen molar-refractivity contribution in [2.45, 2.75) is 11.8 Å². The van der Waals surface area contributed by atoms with E-state index in [1.54, 1.807) is 6.20 Å². The maximum Gasteiger partial charge on any atom is 0.222 e. The molecule has 98 valence electrons. The van der Waals surface area contributed by atoms with Gasteiger partial charge in [-0.2, -0.15) is 0 Å². The van der Waals surface area contributed by atoms with E-state index < -0.39 is 0 Å². The molecular weight excluding hydrogens is 268 g/mol. The normalized spacial score (nSPS) is 26.4. The molecule has 2 unspecified atom stereocenters. The van der Waals surface area contributed by atoms with Crippen molar-refractivity contribution in [3.63, 3.8) is 0 Å². The van der Waals surface area contributed by atoms with Crippen LogP contribution in [0, 0.1) is 5.92 Å². The Kier molecular flexibility index (Phi) is 2.54. The van der Waals surface area contributed by atoms with E-state index in [1.807, 2.05) is 6.07 Å². The van der Waals surface area contributed by atoms with Gasteiger partial charge >= 0.3 is 0 Å². The van der Waals surface area contributed by atoms with Gasteiger partial charge in [0.15, 0.2) is 0 Å². The molecule has 1 heterocycles. The summed E-state index contributed by atoms with van der Waals surface area (Å²) in [5, 5.41) is 0.285. The molecule has 2 atom stereocenters. The topological polar surface area (TPSA) is 25.8 Å². The van der Waals surface area contributed by atoms with Crippen molar-refractivity contribution >= 4 is 11.6 Å². The molecule has 1 saturated carbocycles. The lowest BCUT2D eigenvalue weighted by Crippen LogP contribution is -2.07. The van der Waals surface area contributed by atoms with Gasteiger partial charge in [-0.15, -0.1) is 0 Å². The Hall–Kier alpha value is -1.93.